The minimum atomic E-state index is 0.596. The van der Waals surface area contributed by atoms with Gasteiger partial charge in [0, 0.05) is 0 Å². The van der Waals surface area contributed by atoms with E-state index in [0.717, 1.165) is 22.7 Å². The van der Waals surface area contributed by atoms with Gasteiger partial charge in [0.2, 0.25) is 0 Å². The lowest BCUT2D eigenvalue weighted by Gasteiger charge is -2.09. The summed E-state index contributed by atoms with van der Waals surface area (Å²) in [4.78, 5) is 0. The molecule has 20 heavy (non-hydrogen) atoms. The van der Waals surface area contributed by atoms with E-state index in [9.17, 15) is 0 Å². The van der Waals surface area contributed by atoms with Crippen LogP contribution in [0.2, 0.25) is 0 Å². The van der Waals surface area contributed by atoms with Crippen molar-refractivity contribution >= 4 is 11.9 Å². The van der Waals surface area contributed by atoms with E-state index < -0.39 is 0 Å². The molecule has 4 heteroatoms. The van der Waals surface area contributed by atoms with Crippen LogP contribution < -0.4 is 14.9 Å². The van der Waals surface area contributed by atoms with Crippen LogP contribution >= 0.6 is 0 Å². The summed E-state index contributed by atoms with van der Waals surface area (Å²) in [6.07, 6.45) is 1.74. The van der Waals surface area contributed by atoms with Gasteiger partial charge in [0.25, 0.3) is 0 Å². The van der Waals surface area contributed by atoms with Crippen LogP contribution in [0.25, 0.3) is 0 Å². The van der Waals surface area contributed by atoms with Crippen molar-refractivity contribution < 1.29 is 9.47 Å². The molecule has 2 rings (SSSR count). The first-order valence-electron chi connectivity index (χ1n) is 6.48. The Morgan fingerprint density at radius 3 is 2.60 bits per heavy atom. The molecule has 0 amide bonds. The lowest BCUT2D eigenvalue weighted by Crippen LogP contribution is -1.97. The van der Waals surface area contributed by atoms with Gasteiger partial charge < -0.3 is 9.47 Å². The number of nitrogens with zero attached hydrogens (tertiary/aromatic N) is 1. The number of hydrogen-bond acceptors (Lipinski definition) is 4. The van der Waals surface area contributed by atoms with Crippen LogP contribution in [0.1, 0.15) is 12.5 Å². The topological polar surface area (TPSA) is 42.8 Å². The first-order chi connectivity index (χ1) is 9.83. The number of anilines is 1. The summed E-state index contributed by atoms with van der Waals surface area (Å²) in [5.41, 5.74) is 4.86. The third-order valence-electron chi connectivity index (χ3n) is 2.67. The van der Waals surface area contributed by atoms with Gasteiger partial charge in [-0.15, -0.1) is 0 Å². The Labute approximate surface area is 119 Å². The number of benzene rings is 2. The molecule has 0 atom stereocenters. The van der Waals surface area contributed by atoms with Gasteiger partial charge >= 0.3 is 0 Å². The van der Waals surface area contributed by atoms with Crippen LogP contribution in [-0.4, -0.2) is 19.9 Å². The maximum absolute atomic E-state index is 5.53. The fourth-order valence-corrected chi connectivity index (χ4v) is 1.74. The fourth-order valence-electron chi connectivity index (χ4n) is 1.74. The standard InChI is InChI=1S/C16H18N2O2/c1-3-20-16-11-13(9-10-15(16)19-2)12-17-18-14-7-5-4-6-8-14/h4-12,18H,3H2,1-2H3/b17-12-. The van der Waals surface area contributed by atoms with Crippen molar-refractivity contribution in [3.63, 3.8) is 0 Å². The average Bonchev–Trinajstić information content (AvgIpc) is 2.49. The Morgan fingerprint density at radius 2 is 1.90 bits per heavy atom. The highest BCUT2D eigenvalue weighted by atomic mass is 16.5. The van der Waals surface area contributed by atoms with Crippen LogP contribution in [-0.2, 0) is 0 Å². The number of nitrogens with one attached hydrogen (secondary N) is 1. The molecule has 2 aromatic carbocycles. The lowest BCUT2D eigenvalue weighted by atomic mass is 10.2. The molecule has 0 aliphatic rings. The van der Waals surface area contributed by atoms with E-state index in [1.807, 2.05) is 55.5 Å². The van der Waals surface area contributed by atoms with Crippen LogP contribution in [0.4, 0.5) is 5.69 Å². The Bertz CT molecular complexity index is 568. The molecule has 0 heterocycles. The molecular weight excluding hydrogens is 252 g/mol. The summed E-state index contributed by atoms with van der Waals surface area (Å²) in [6.45, 7) is 2.54. The predicted octanol–water partition coefficient (Wildman–Crippen LogP) is 3.54. The number of para-hydroxylation sites is 1. The van der Waals surface area contributed by atoms with Gasteiger partial charge in [0.1, 0.15) is 0 Å². The zero-order valence-electron chi connectivity index (χ0n) is 11.7. The van der Waals surface area contributed by atoms with Crippen molar-refractivity contribution in [2.45, 2.75) is 6.92 Å². The second-order valence-corrected chi connectivity index (χ2v) is 4.08. The molecule has 0 saturated heterocycles. The van der Waals surface area contributed by atoms with Crippen LogP contribution in [0.3, 0.4) is 0 Å². The van der Waals surface area contributed by atoms with Crippen molar-refractivity contribution in [1.29, 1.82) is 0 Å². The Morgan fingerprint density at radius 1 is 1.10 bits per heavy atom. The molecule has 1 N–H and O–H groups in total. The normalized spacial score (nSPS) is 10.5. The summed E-state index contributed by atoms with van der Waals surface area (Å²) in [5.74, 6) is 1.44. The van der Waals surface area contributed by atoms with Crippen LogP contribution in [0.15, 0.2) is 53.6 Å². The highest BCUT2D eigenvalue weighted by Crippen LogP contribution is 2.27. The van der Waals surface area contributed by atoms with Gasteiger partial charge in [-0.2, -0.15) is 5.10 Å². The maximum atomic E-state index is 5.53. The molecule has 0 aliphatic carbocycles. The molecular formula is C16H18N2O2. The lowest BCUT2D eigenvalue weighted by molar-refractivity contribution is 0.311. The molecule has 4 nitrogen and oxygen atoms in total. The average molecular weight is 270 g/mol. The number of hydrogen-bond donors (Lipinski definition) is 1. The molecule has 104 valence electrons. The zero-order chi connectivity index (χ0) is 14.2. The van der Waals surface area contributed by atoms with Gasteiger partial charge in [-0.25, -0.2) is 0 Å². The summed E-state index contributed by atoms with van der Waals surface area (Å²) < 4.78 is 10.8. The maximum Gasteiger partial charge on any atom is 0.161 e. The van der Waals surface area contributed by atoms with E-state index in [1.165, 1.54) is 0 Å². The van der Waals surface area contributed by atoms with Crippen molar-refractivity contribution in [3.8, 4) is 11.5 Å². The molecule has 0 radical (unpaired) electrons. The molecule has 0 saturated carbocycles. The van der Waals surface area contributed by atoms with Crippen LogP contribution in [0.5, 0.6) is 11.5 Å². The Hall–Kier alpha value is -2.49. The van der Waals surface area contributed by atoms with E-state index in [-0.39, 0.29) is 0 Å². The summed E-state index contributed by atoms with van der Waals surface area (Å²) in [5, 5.41) is 4.20. The molecule has 0 unspecified atom stereocenters. The summed E-state index contributed by atoms with van der Waals surface area (Å²) >= 11 is 0. The van der Waals surface area contributed by atoms with E-state index >= 15 is 0 Å². The number of methoxy groups -OCH3 is 1. The number of hydrazone groups is 1. The van der Waals surface area contributed by atoms with E-state index in [2.05, 4.69) is 10.5 Å². The van der Waals surface area contributed by atoms with Gasteiger partial charge in [-0.05, 0) is 42.8 Å². The minimum absolute atomic E-state index is 0.596. The smallest absolute Gasteiger partial charge is 0.161 e. The monoisotopic (exact) mass is 270 g/mol. The van der Waals surface area contributed by atoms with Crippen molar-refractivity contribution in [3.05, 3.63) is 54.1 Å². The predicted molar refractivity (Wildman–Crippen MR) is 81.8 cm³/mol. The molecule has 0 aliphatic heterocycles. The Kier molecular flexibility index (Phi) is 5.00. The SMILES string of the molecule is CCOc1cc(/C=N\Nc2ccccc2)ccc1OC. The summed E-state index contributed by atoms with van der Waals surface area (Å²) in [7, 11) is 1.63. The number of rotatable bonds is 6. The van der Waals surface area contributed by atoms with Gasteiger partial charge in [0.15, 0.2) is 11.5 Å². The third kappa shape index (κ3) is 3.75. The second-order valence-electron chi connectivity index (χ2n) is 4.08. The Balaban J connectivity index is 2.07. The molecule has 0 fully saturated rings. The first kappa shape index (κ1) is 13.9. The van der Waals surface area contributed by atoms with Crippen LogP contribution in [0, 0.1) is 0 Å². The van der Waals surface area contributed by atoms with Crippen molar-refractivity contribution in [2.75, 3.05) is 19.1 Å². The second kappa shape index (κ2) is 7.19. The number of ether oxygens (including phenoxy) is 2. The van der Waals surface area contributed by atoms with E-state index in [0.29, 0.717) is 6.61 Å². The van der Waals surface area contributed by atoms with Gasteiger partial charge in [-0.1, -0.05) is 18.2 Å². The highest BCUT2D eigenvalue weighted by molar-refractivity contribution is 5.81. The fraction of sp³-hybridized carbons (Fsp3) is 0.188. The van der Waals surface area contributed by atoms with E-state index in [1.54, 1.807) is 13.3 Å². The quantitative estimate of drug-likeness (QED) is 0.645. The minimum Gasteiger partial charge on any atom is -0.493 e. The third-order valence-corrected chi connectivity index (χ3v) is 2.67. The zero-order valence-corrected chi connectivity index (χ0v) is 11.7. The van der Waals surface area contributed by atoms with Crippen molar-refractivity contribution in [2.24, 2.45) is 5.10 Å². The highest BCUT2D eigenvalue weighted by Gasteiger charge is 2.03. The molecule has 0 spiro atoms. The summed E-state index contributed by atoms with van der Waals surface area (Å²) in [6, 6.07) is 15.5. The molecule has 0 aromatic heterocycles. The van der Waals surface area contributed by atoms with E-state index in [4.69, 9.17) is 9.47 Å². The van der Waals surface area contributed by atoms with Gasteiger partial charge in [0.05, 0.1) is 25.6 Å². The largest absolute Gasteiger partial charge is 0.493 e. The van der Waals surface area contributed by atoms with Crippen molar-refractivity contribution in [1.82, 2.24) is 0 Å². The first-order valence-corrected chi connectivity index (χ1v) is 6.48. The molecule has 2 aromatic rings. The molecule has 0 bridgehead atoms. The van der Waals surface area contributed by atoms with Gasteiger partial charge in [-0.3, -0.25) is 5.43 Å².